The molecule has 0 radical (unpaired) electrons. The Morgan fingerprint density at radius 3 is 1.68 bits per heavy atom. The van der Waals surface area contributed by atoms with Gasteiger partial charge in [-0.05, 0) is 35.4 Å². The summed E-state index contributed by atoms with van der Waals surface area (Å²) < 4.78 is 12.9. The third-order valence-electron chi connectivity index (χ3n) is 9.22. The average Bonchev–Trinajstić information content (AvgIpc) is 3.52. The van der Waals surface area contributed by atoms with Gasteiger partial charge >= 0.3 is 0 Å². The van der Waals surface area contributed by atoms with Crippen molar-refractivity contribution < 1.29 is 9.15 Å². The second-order valence-corrected chi connectivity index (χ2v) is 12.5. The van der Waals surface area contributed by atoms with E-state index in [1.807, 2.05) is 78.9 Å². The number of hydrogen-bond donors (Lipinski definition) is 0. The zero-order chi connectivity index (χ0) is 31.5. The smallest absolute Gasteiger partial charge is 0.178 e. The van der Waals surface area contributed by atoms with Gasteiger partial charge in [0.05, 0.1) is 0 Å². The highest BCUT2D eigenvalue weighted by molar-refractivity contribution is 6.07. The largest absolute Gasteiger partial charge is 0.453 e. The highest BCUT2D eigenvalue weighted by atomic mass is 16.5. The van der Waals surface area contributed by atoms with Crippen molar-refractivity contribution in [1.82, 2.24) is 15.0 Å². The average molecular weight is 608 g/mol. The van der Waals surface area contributed by atoms with Gasteiger partial charge in [-0.15, -0.1) is 0 Å². The summed E-state index contributed by atoms with van der Waals surface area (Å²) in [6.07, 6.45) is 0. The van der Waals surface area contributed by atoms with E-state index in [0.717, 1.165) is 72.4 Å². The molecule has 5 nitrogen and oxygen atoms in total. The van der Waals surface area contributed by atoms with Gasteiger partial charge in [0, 0.05) is 44.0 Å². The lowest BCUT2D eigenvalue weighted by atomic mass is 9.75. The Morgan fingerprint density at radius 2 is 1.02 bits per heavy atom. The van der Waals surface area contributed by atoms with E-state index in [1.54, 1.807) is 0 Å². The normalized spacial score (nSPS) is 13.2. The Hall–Kier alpha value is -6.07. The Kier molecular flexibility index (Phi) is 6.09. The summed E-state index contributed by atoms with van der Waals surface area (Å²) in [4.78, 5) is 14.6. The molecule has 224 valence electrons. The maximum atomic E-state index is 6.60. The van der Waals surface area contributed by atoms with Crippen LogP contribution >= 0.6 is 0 Å². The number of para-hydroxylation sites is 1. The molecule has 0 N–H and O–H groups in total. The van der Waals surface area contributed by atoms with E-state index in [0.29, 0.717) is 17.5 Å². The Bertz CT molecular complexity index is 2390. The molecule has 1 aliphatic heterocycles. The van der Waals surface area contributed by atoms with E-state index in [2.05, 4.69) is 74.5 Å². The number of nitrogens with zero attached hydrogens (tertiary/aromatic N) is 3. The summed E-state index contributed by atoms with van der Waals surface area (Å²) >= 11 is 0. The van der Waals surface area contributed by atoms with E-state index in [1.165, 1.54) is 0 Å². The van der Waals surface area contributed by atoms with Crippen molar-refractivity contribution in [1.29, 1.82) is 0 Å². The van der Waals surface area contributed by atoms with Gasteiger partial charge in [-0.2, -0.15) is 0 Å². The first-order chi connectivity index (χ1) is 23.0. The molecule has 3 heterocycles. The zero-order valence-electron chi connectivity index (χ0n) is 25.9. The van der Waals surface area contributed by atoms with Crippen molar-refractivity contribution in [2.45, 2.75) is 19.3 Å². The summed E-state index contributed by atoms with van der Waals surface area (Å²) in [5, 5.41) is 2.17. The molecule has 0 amide bonds. The van der Waals surface area contributed by atoms with Crippen molar-refractivity contribution in [3.8, 4) is 56.8 Å². The summed E-state index contributed by atoms with van der Waals surface area (Å²) in [6.45, 7) is 4.51. The third kappa shape index (κ3) is 4.50. The van der Waals surface area contributed by atoms with Crippen LogP contribution in [0.4, 0.5) is 0 Å². The van der Waals surface area contributed by atoms with E-state index in [4.69, 9.17) is 24.1 Å². The SMILES string of the molecule is CC1(C)c2cc(-c3ccc(-c4nc(-c5ccccc5)nc(-c5ccccc5)n4)cc3)ccc2Oc2c1ccc1c2oc2ccccc21. The molecule has 0 saturated heterocycles. The first-order valence-electron chi connectivity index (χ1n) is 15.8. The Balaban J connectivity index is 1.08. The molecule has 0 fully saturated rings. The lowest BCUT2D eigenvalue weighted by molar-refractivity contribution is 0.415. The molecule has 47 heavy (non-hydrogen) atoms. The molecular formula is C42H29N3O2. The van der Waals surface area contributed by atoms with Crippen LogP contribution < -0.4 is 4.74 Å². The first-order valence-corrected chi connectivity index (χ1v) is 15.8. The predicted molar refractivity (Wildman–Crippen MR) is 187 cm³/mol. The van der Waals surface area contributed by atoms with E-state index < -0.39 is 0 Å². The van der Waals surface area contributed by atoms with Crippen LogP contribution in [0.2, 0.25) is 0 Å². The van der Waals surface area contributed by atoms with E-state index in [9.17, 15) is 0 Å². The highest BCUT2D eigenvalue weighted by Gasteiger charge is 2.36. The van der Waals surface area contributed by atoms with Gasteiger partial charge in [0.25, 0.3) is 0 Å². The number of fused-ring (bicyclic) bond motifs is 6. The van der Waals surface area contributed by atoms with E-state index >= 15 is 0 Å². The fraction of sp³-hybridized carbons (Fsp3) is 0.0714. The van der Waals surface area contributed by atoms with Crippen LogP contribution in [-0.4, -0.2) is 15.0 Å². The molecule has 2 aromatic heterocycles. The second kappa shape index (κ2) is 10.5. The molecule has 0 unspecified atom stereocenters. The lowest BCUT2D eigenvalue weighted by Crippen LogP contribution is -2.24. The van der Waals surface area contributed by atoms with Gasteiger partial charge in [-0.1, -0.05) is 129 Å². The van der Waals surface area contributed by atoms with Crippen LogP contribution in [0.3, 0.4) is 0 Å². The fourth-order valence-corrected chi connectivity index (χ4v) is 6.65. The molecule has 8 aromatic rings. The molecule has 1 aliphatic rings. The maximum absolute atomic E-state index is 6.60. The molecular weight excluding hydrogens is 578 g/mol. The van der Waals surface area contributed by atoms with Crippen molar-refractivity contribution in [2.75, 3.05) is 0 Å². The standard InChI is InChI=1S/C42H29N3O2/c1-42(2)33-23-22-32-31-15-9-10-16-35(31)46-37(32)38(33)47-36-24-21-30(25-34(36)42)26-17-19-29(20-18-26)41-44-39(27-11-5-3-6-12-27)43-40(45-41)28-13-7-4-8-14-28/h3-25H,1-2H3. The van der Waals surface area contributed by atoms with Crippen molar-refractivity contribution in [2.24, 2.45) is 0 Å². The van der Waals surface area contributed by atoms with Crippen LogP contribution in [-0.2, 0) is 5.41 Å². The van der Waals surface area contributed by atoms with Crippen LogP contribution in [0.15, 0.2) is 144 Å². The number of furan rings is 1. The number of rotatable bonds is 4. The minimum absolute atomic E-state index is 0.293. The van der Waals surface area contributed by atoms with Crippen LogP contribution in [0, 0.1) is 0 Å². The van der Waals surface area contributed by atoms with E-state index in [-0.39, 0.29) is 5.41 Å². The van der Waals surface area contributed by atoms with Gasteiger partial charge in [0.1, 0.15) is 11.3 Å². The summed E-state index contributed by atoms with van der Waals surface area (Å²) in [6, 6.07) is 47.5. The van der Waals surface area contributed by atoms with Crippen molar-refractivity contribution >= 4 is 21.9 Å². The monoisotopic (exact) mass is 607 g/mol. The summed E-state index contributed by atoms with van der Waals surface area (Å²) in [5.74, 6) is 3.59. The predicted octanol–water partition coefficient (Wildman–Crippen LogP) is 10.9. The van der Waals surface area contributed by atoms with Gasteiger partial charge < -0.3 is 9.15 Å². The molecule has 0 saturated carbocycles. The molecule has 0 atom stereocenters. The molecule has 0 aliphatic carbocycles. The number of benzene rings is 6. The number of hydrogen-bond acceptors (Lipinski definition) is 5. The Labute approximate surface area is 272 Å². The first kappa shape index (κ1) is 27.3. The quantitative estimate of drug-likeness (QED) is 0.199. The van der Waals surface area contributed by atoms with Gasteiger partial charge in [0.2, 0.25) is 0 Å². The molecule has 0 bridgehead atoms. The van der Waals surface area contributed by atoms with Gasteiger partial charge in [-0.3, -0.25) is 0 Å². The van der Waals surface area contributed by atoms with Crippen LogP contribution in [0.1, 0.15) is 25.0 Å². The van der Waals surface area contributed by atoms with Gasteiger partial charge in [0.15, 0.2) is 28.8 Å². The number of aromatic nitrogens is 3. The number of ether oxygens (including phenoxy) is 1. The lowest BCUT2D eigenvalue weighted by Gasteiger charge is -2.34. The Morgan fingerprint density at radius 1 is 0.468 bits per heavy atom. The second-order valence-electron chi connectivity index (χ2n) is 12.5. The van der Waals surface area contributed by atoms with Crippen LogP contribution in [0.25, 0.3) is 67.2 Å². The van der Waals surface area contributed by atoms with Crippen molar-refractivity contribution in [3.63, 3.8) is 0 Å². The minimum Gasteiger partial charge on any atom is -0.453 e. The third-order valence-corrected chi connectivity index (χ3v) is 9.22. The molecule has 5 heteroatoms. The molecule has 6 aromatic carbocycles. The highest BCUT2D eigenvalue weighted by Crippen LogP contribution is 2.52. The minimum atomic E-state index is -0.293. The zero-order valence-corrected chi connectivity index (χ0v) is 25.9. The maximum Gasteiger partial charge on any atom is 0.178 e. The van der Waals surface area contributed by atoms with Crippen LogP contribution in [0.5, 0.6) is 11.5 Å². The fourth-order valence-electron chi connectivity index (χ4n) is 6.65. The van der Waals surface area contributed by atoms with Gasteiger partial charge in [-0.25, -0.2) is 15.0 Å². The summed E-state index contributed by atoms with van der Waals surface area (Å²) in [5.41, 5.74) is 8.67. The topological polar surface area (TPSA) is 61.0 Å². The molecule has 0 spiro atoms. The van der Waals surface area contributed by atoms with Crippen molar-refractivity contribution in [3.05, 3.63) is 151 Å². The molecule has 9 rings (SSSR count). The summed E-state index contributed by atoms with van der Waals surface area (Å²) in [7, 11) is 0.